The first-order chi connectivity index (χ1) is 8.99. The number of benzene rings is 1. The first-order valence-electron chi connectivity index (χ1n) is 4.99. The normalized spacial score (nSPS) is 10.3. The monoisotopic (exact) mass is 329 g/mol. The van der Waals surface area contributed by atoms with E-state index < -0.39 is 29.0 Å². The second-order valence-corrected chi connectivity index (χ2v) is 4.38. The van der Waals surface area contributed by atoms with Crippen LogP contribution in [0, 0.1) is 11.6 Å². The Labute approximate surface area is 114 Å². The van der Waals surface area contributed by atoms with E-state index in [1.54, 1.807) is 0 Å². The van der Waals surface area contributed by atoms with Crippen molar-refractivity contribution in [3.63, 3.8) is 0 Å². The van der Waals surface area contributed by atoms with Gasteiger partial charge in [-0.15, -0.1) is 0 Å². The predicted octanol–water partition coefficient (Wildman–Crippen LogP) is 3.61. The topological polar surface area (TPSA) is 59.4 Å². The van der Waals surface area contributed by atoms with E-state index in [-0.39, 0.29) is 5.75 Å². The molecule has 0 radical (unpaired) electrons. The zero-order valence-electron chi connectivity index (χ0n) is 9.23. The van der Waals surface area contributed by atoms with Crippen molar-refractivity contribution in [2.24, 2.45) is 0 Å². The molecule has 0 aliphatic rings. The molecule has 19 heavy (non-hydrogen) atoms. The zero-order chi connectivity index (χ0) is 14.0. The van der Waals surface area contributed by atoms with Gasteiger partial charge in [0.25, 0.3) is 5.88 Å². The van der Waals surface area contributed by atoms with Gasteiger partial charge < -0.3 is 9.84 Å². The van der Waals surface area contributed by atoms with Gasteiger partial charge in [0.2, 0.25) is 0 Å². The summed E-state index contributed by atoms with van der Waals surface area (Å²) in [5.41, 5.74) is -0.597. The summed E-state index contributed by atoms with van der Waals surface area (Å²) in [6.07, 6.45) is 1.07. The number of ether oxygens (including phenoxy) is 1. The average molecular weight is 330 g/mol. The van der Waals surface area contributed by atoms with Crippen molar-refractivity contribution >= 4 is 21.9 Å². The molecule has 1 N–H and O–H groups in total. The maximum Gasteiger partial charge on any atom is 0.338 e. The number of pyridine rings is 1. The molecule has 1 aromatic carbocycles. The SMILES string of the molecule is O=C(O)c1ccnc(Oc2cc(Br)ccc2F)c1F. The van der Waals surface area contributed by atoms with Gasteiger partial charge in [0.05, 0.1) is 0 Å². The number of carboxylic acids is 1. The lowest BCUT2D eigenvalue weighted by molar-refractivity contribution is 0.0690. The van der Waals surface area contributed by atoms with Gasteiger partial charge in [-0.3, -0.25) is 0 Å². The molecule has 0 fully saturated rings. The minimum absolute atomic E-state index is 0.261. The number of aromatic nitrogens is 1. The van der Waals surface area contributed by atoms with E-state index >= 15 is 0 Å². The van der Waals surface area contributed by atoms with Gasteiger partial charge in [0.15, 0.2) is 17.4 Å². The summed E-state index contributed by atoms with van der Waals surface area (Å²) in [6.45, 7) is 0. The Bertz CT molecular complexity index is 649. The van der Waals surface area contributed by atoms with Crippen LogP contribution in [0.1, 0.15) is 10.4 Å². The summed E-state index contributed by atoms with van der Waals surface area (Å²) in [7, 11) is 0. The molecule has 7 heteroatoms. The molecule has 1 aromatic heterocycles. The Morgan fingerprint density at radius 3 is 2.74 bits per heavy atom. The quantitative estimate of drug-likeness (QED) is 0.934. The van der Waals surface area contributed by atoms with Crippen molar-refractivity contribution in [3.05, 3.63) is 52.1 Å². The molecular weight excluding hydrogens is 324 g/mol. The number of carbonyl (C=O) groups is 1. The lowest BCUT2D eigenvalue weighted by Gasteiger charge is -2.08. The summed E-state index contributed by atoms with van der Waals surface area (Å²) in [4.78, 5) is 14.3. The first kappa shape index (κ1) is 13.4. The Balaban J connectivity index is 2.41. The molecule has 0 saturated heterocycles. The summed E-state index contributed by atoms with van der Waals surface area (Å²) in [6, 6.07) is 4.84. The maximum atomic E-state index is 13.7. The number of carboxylic acid groups (broad SMARTS) is 1. The highest BCUT2D eigenvalue weighted by Crippen LogP contribution is 2.28. The number of halogens is 3. The van der Waals surface area contributed by atoms with E-state index in [0.29, 0.717) is 4.47 Å². The van der Waals surface area contributed by atoms with Crippen LogP contribution in [0.5, 0.6) is 11.6 Å². The van der Waals surface area contributed by atoms with Crippen molar-refractivity contribution in [3.8, 4) is 11.6 Å². The molecule has 0 saturated carbocycles. The van der Waals surface area contributed by atoms with Crippen molar-refractivity contribution in [2.75, 3.05) is 0 Å². The molecule has 0 spiro atoms. The standard InChI is InChI=1S/C12H6BrF2NO3/c13-6-1-2-8(14)9(5-6)19-11-10(15)7(12(17)18)3-4-16-11/h1-5H,(H,17,18). The average Bonchev–Trinajstić information content (AvgIpc) is 2.36. The van der Waals surface area contributed by atoms with Crippen LogP contribution in [0.25, 0.3) is 0 Å². The largest absolute Gasteiger partial charge is 0.478 e. The smallest absolute Gasteiger partial charge is 0.338 e. The highest BCUT2D eigenvalue weighted by atomic mass is 79.9. The van der Waals surface area contributed by atoms with Crippen LogP contribution in [-0.4, -0.2) is 16.1 Å². The molecule has 2 aromatic rings. The van der Waals surface area contributed by atoms with Gasteiger partial charge >= 0.3 is 5.97 Å². The molecule has 0 bridgehead atoms. The van der Waals surface area contributed by atoms with E-state index in [9.17, 15) is 13.6 Å². The lowest BCUT2D eigenvalue weighted by Crippen LogP contribution is -2.03. The molecule has 0 amide bonds. The van der Waals surface area contributed by atoms with E-state index in [2.05, 4.69) is 20.9 Å². The summed E-state index contributed by atoms with van der Waals surface area (Å²) < 4.78 is 32.7. The molecule has 4 nitrogen and oxygen atoms in total. The molecular formula is C12H6BrF2NO3. The highest BCUT2D eigenvalue weighted by molar-refractivity contribution is 9.10. The number of hydrogen-bond donors (Lipinski definition) is 1. The van der Waals surface area contributed by atoms with Crippen LogP contribution in [0.3, 0.4) is 0 Å². The second-order valence-electron chi connectivity index (χ2n) is 3.46. The molecule has 1 heterocycles. The third-order valence-electron chi connectivity index (χ3n) is 2.19. The van der Waals surface area contributed by atoms with Gasteiger partial charge in [0, 0.05) is 10.7 Å². The van der Waals surface area contributed by atoms with E-state index in [1.165, 1.54) is 12.1 Å². The number of rotatable bonds is 3. The molecule has 0 aliphatic heterocycles. The van der Waals surface area contributed by atoms with E-state index in [1.807, 2.05) is 0 Å². The van der Waals surface area contributed by atoms with Crippen molar-refractivity contribution in [2.45, 2.75) is 0 Å². The van der Waals surface area contributed by atoms with Crippen LogP contribution >= 0.6 is 15.9 Å². The van der Waals surface area contributed by atoms with Gasteiger partial charge in [-0.1, -0.05) is 15.9 Å². The van der Waals surface area contributed by atoms with E-state index in [4.69, 9.17) is 9.84 Å². The number of hydrogen-bond acceptors (Lipinski definition) is 3. The van der Waals surface area contributed by atoms with Gasteiger partial charge in [-0.25, -0.2) is 18.6 Å². The Kier molecular flexibility index (Phi) is 3.75. The van der Waals surface area contributed by atoms with Gasteiger partial charge in [-0.05, 0) is 24.3 Å². The fourth-order valence-corrected chi connectivity index (χ4v) is 1.66. The Hall–Kier alpha value is -2.02. The number of aromatic carboxylic acids is 1. The fourth-order valence-electron chi connectivity index (χ4n) is 1.32. The molecule has 0 atom stereocenters. The molecule has 0 aliphatic carbocycles. The van der Waals surface area contributed by atoms with Crippen LogP contribution < -0.4 is 4.74 Å². The molecule has 98 valence electrons. The van der Waals surface area contributed by atoms with E-state index in [0.717, 1.165) is 18.3 Å². The van der Waals surface area contributed by atoms with Crippen LogP contribution in [0.4, 0.5) is 8.78 Å². The minimum atomic E-state index is -1.46. The van der Waals surface area contributed by atoms with Gasteiger partial charge in [0.1, 0.15) is 5.56 Å². The van der Waals surface area contributed by atoms with Crippen LogP contribution in [-0.2, 0) is 0 Å². The predicted molar refractivity (Wildman–Crippen MR) is 65.3 cm³/mol. The Morgan fingerprint density at radius 1 is 1.32 bits per heavy atom. The minimum Gasteiger partial charge on any atom is -0.478 e. The molecule has 2 rings (SSSR count). The molecule has 0 unspecified atom stereocenters. The zero-order valence-corrected chi connectivity index (χ0v) is 10.8. The van der Waals surface area contributed by atoms with Crippen molar-refractivity contribution in [1.29, 1.82) is 0 Å². The first-order valence-corrected chi connectivity index (χ1v) is 5.79. The van der Waals surface area contributed by atoms with Gasteiger partial charge in [-0.2, -0.15) is 0 Å². The highest BCUT2D eigenvalue weighted by Gasteiger charge is 2.18. The maximum absolute atomic E-state index is 13.7. The number of nitrogens with zero attached hydrogens (tertiary/aromatic N) is 1. The summed E-state index contributed by atoms with van der Waals surface area (Å²) in [5, 5.41) is 8.75. The second kappa shape index (κ2) is 5.31. The third kappa shape index (κ3) is 2.87. The van der Waals surface area contributed by atoms with Crippen LogP contribution in [0.2, 0.25) is 0 Å². The van der Waals surface area contributed by atoms with Crippen molar-refractivity contribution in [1.82, 2.24) is 4.98 Å². The summed E-state index contributed by atoms with van der Waals surface area (Å²) in [5.74, 6) is -4.20. The third-order valence-corrected chi connectivity index (χ3v) is 2.68. The fraction of sp³-hybridized carbons (Fsp3) is 0. The van der Waals surface area contributed by atoms with Crippen LogP contribution in [0.15, 0.2) is 34.9 Å². The lowest BCUT2D eigenvalue weighted by atomic mass is 10.2. The Morgan fingerprint density at radius 2 is 2.05 bits per heavy atom. The van der Waals surface area contributed by atoms with Crippen molar-refractivity contribution < 1.29 is 23.4 Å². The summed E-state index contributed by atoms with van der Waals surface area (Å²) >= 11 is 3.11.